The molecular formula is C16H23N3O4S. The Kier molecular flexibility index (Phi) is 4.24. The normalized spacial score (nSPS) is 25.7. The van der Waals surface area contributed by atoms with E-state index < -0.39 is 15.6 Å². The second-order valence-corrected chi connectivity index (χ2v) is 8.59. The molecule has 0 unspecified atom stereocenters. The van der Waals surface area contributed by atoms with Crippen LogP contribution < -0.4 is 4.74 Å². The second kappa shape index (κ2) is 6.25. The van der Waals surface area contributed by atoms with Gasteiger partial charge in [-0.2, -0.15) is 0 Å². The van der Waals surface area contributed by atoms with E-state index in [4.69, 9.17) is 9.57 Å². The van der Waals surface area contributed by atoms with Gasteiger partial charge in [0.1, 0.15) is 10.5 Å². The van der Waals surface area contributed by atoms with Gasteiger partial charge in [0.05, 0.1) is 13.2 Å². The molecule has 1 saturated heterocycles. The summed E-state index contributed by atoms with van der Waals surface area (Å²) in [6, 6.07) is 3.14. The Morgan fingerprint density at radius 2 is 2.04 bits per heavy atom. The number of likely N-dealkylation sites (tertiary alicyclic amines) is 1. The van der Waals surface area contributed by atoms with Gasteiger partial charge in [-0.1, -0.05) is 10.9 Å². The number of nitrogens with zero attached hydrogens (tertiary/aromatic N) is 3. The number of fused-ring (bicyclic) bond motifs is 1. The summed E-state index contributed by atoms with van der Waals surface area (Å²) in [5.41, 5.74) is -0.474. The summed E-state index contributed by atoms with van der Waals surface area (Å²) in [6.07, 6.45) is 6.89. The molecule has 1 saturated carbocycles. The molecule has 0 radical (unpaired) electrons. The molecule has 24 heavy (non-hydrogen) atoms. The predicted molar refractivity (Wildman–Crippen MR) is 87.0 cm³/mol. The van der Waals surface area contributed by atoms with Gasteiger partial charge < -0.3 is 9.64 Å². The van der Waals surface area contributed by atoms with E-state index in [0.29, 0.717) is 6.61 Å². The molecule has 2 aliphatic heterocycles. The Morgan fingerprint density at radius 3 is 2.79 bits per heavy atom. The van der Waals surface area contributed by atoms with Crippen LogP contribution in [0.25, 0.3) is 0 Å². The maximum atomic E-state index is 12.9. The highest BCUT2D eigenvalue weighted by atomic mass is 32.2. The molecular weight excluding hydrogens is 330 g/mol. The van der Waals surface area contributed by atoms with Crippen LogP contribution in [-0.2, 0) is 14.9 Å². The van der Waals surface area contributed by atoms with Crippen molar-refractivity contribution in [1.82, 2.24) is 14.4 Å². The third-order valence-corrected chi connectivity index (χ3v) is 6.55. The Labute approximate surface area is 142 Å². The van der Waals surface area contributed by atoms with Gasteiger partial charge in [0.15, 0.2) is 0 Å². The minimum absolute atomic E-state index is 0.0896. The maximum absolute atomic E-state index is 12.9. The number of ether oxygens (including phenoxy) is 1. The van der Waals surface area contributed by atoms with Crippen molar-refractivity contribution in [2.75, 3.05) is 32.8 Å². The highest BCUT2D eigenvalue weighted by Crippen LogP contribution is 2.45. The van der Waals surface area contributed by atoms with Crippen molar-refractivity contribution in [2.24, 2.45) is 0 Å². The zero-order valence-corrected chi connectivity index (χ0v) is 14.5. The first-order chi connectivity index (χ1) is 11.6. The van der Waals surface area contributed by atoms with Crippen molar-refractivity contribution in [1.29, 1.82) is 0 Å². The number of pyridine rings is 1. The van der Waals surface area contributed by atoms with Gasteiger partial charge in [-0.15, -0.1) is 0 Å². The third kappa shape index (κ3) is 3.15. The molecule has 3 heterocycles. The van der Waals surface area contributed by atoms with Gasteiger partial charge in [0.2, 0.25) is 5.88 Å². The molecule has 2 fully saturated rings. The number of hydroxylamine groups is 1. The van der Waals surface area contributed by atoms with E-state index >= 15 is 0 Å². The van der Waals surface area contributed by atoms with Crippen molar-refractivity contribution >= 4 is 10.0 Å². The summed E-state index contributed by atoms with van der Waals surface area (Å²) in [5, 5.41) is 0. The van der Waals surface area contributed by atoms with Crippen LogP contribution >= 0.6 is 0 Å². The molecule has 0 N–H and O–H groups in total. The highest BCUT2D eigenvalue weighted by Gasteiger charge is 2.53. The molecule has 4 rings (SSSR count). The number of hydrogen-bond acceptors (Lipinski definition) is 6. The quantitative estimate of drug-likeness (QED) is 0.815. The molecule has 1 aliphatic carbocycles. The molecule has 0 amide bonds. The average Bonchev–Trinajstić information content (AvgIpc) is 3.35. The second-order valence-electron chi connectivity index (χ2n) is 6.79. The van der Waals surface area contributed by atoms with Gasteiger partial charge in [-0.25, -0.2) is 13.4 Å². The van der Waals surface area contributed by atoms with Crippen LogP contribution in [0.15, 0.2) is 23.2 Å². The molecule has 0 bridgehead atoms. The highest BCUT2D eigenvalue weighted by molar-refractivity contribution is 7.89. The Bertz CT molecular complexity index is 699. The van der Waals surface area contributed by atoms with Gasteiger partial charge in [0, 0.05) is 12.7 Å². The van der Waals surface area contributed by atoms with Crippen molar-refractivity contribution in [3.8, 4) is 5.88 Å². The lowest BCUT2D eigenvalue weighted by Crippen LogP contribution is -2.40. The van der Waals surface area contributed by atoms with Crippen LogP contribution in [-0.4, -0.2) is 61.2 Å². The Balaban J connectivity index is 1.49. The van der Waals surface area contributed by atoms with E-state index in [1.807, 2.05) is 0 Å². The standard InChI is InChI=1S/C16H23N3O4S/c20-24(21)14-5-4-8-17-15(14)23-16(6-7-16)13-19(24)22-12-11-18-9-2-1-3-10-18/h4-5,8H,1-3,6-7,9-13H2. The van der Waals surface area contributed by atoms with E-state index in [1.165, 1.54) is 25.3 Å². The van der Waals surface area contributed by atoms with Crippen molar-refractivity contribution in [3.05, 3.63) is 18.3 Å². The number of hydrogen-bond donors (Lipinski definition) is 0. The summed E-state index contributed by atoms with van der Waals surface area (Å²) in [4.78, 5) is 12.2. The third-order valence-electron chi connectivity index (χ3n) is 4.91. The summed E-state index contributed by atoms with van der Waals surface area (Å²) < 4.78 is 32.8. The molecule has 1 aromatic rings. The van der Waals surface area contributed by atoms with E-state index in [1.54, 1.807) is 12.3 Å². The number of rotatable bonds is 4. The minimum Gasteiger partial charge on any atom is -0.469 e. The molecule has 1 spiro atoms. The molecule has 7 nitrogen and oxygen atoms in total. The average molecular weight is 353 g/mol. The smallest absolute Gasteiger partial charge is 0.270 e. The summed E-state index contributed by atoms with van der Waals surface area (Å²) in [7, 11) is -3.75. The van der Waals surface area contributed by atoms with Crippen molar-refractivity contribution < 1.29 is 18.0 Å². The lowest BCUT2D eigenvalue weighted by molar-refractivity contribution is -0.106. The van der Waals surface area contributed by atoms with Gasteiger partial charge in [0.25, 0.3) is 10.0 Å². The SMILES string of the molecule is O=S1(=O)c2cccnc2OC2(CC2)CN1OCCN1CCCCC1. The lowest BCUT2D eigenvalue weighted by atomic mass is 10.1. The van der Waals surface area contributed by atoms with Crippen LogP contribution in [0.1, 0.15) is 32.1 Å². The van der Waals surface area contributed by atoms with Crippen LogP contribution in [0.2, 0.25) is 0 Å². The topological polar surface area (TPSA) is 72.0 Å². The molecule has 1 aromatic heterocycles. The van der Waals surface area contributed by atoms with Gasteiger partial charge >= 0.3 is 0 Å². The summed E-state index contributed by atoms with van der Waals surface area (Å²) in [5.74, 6) is 0.192. The first-order valence-electron chi connectivity index (χ1n) is 8.61. The Morgan fingerprint density at radius 1 is 1.25 bits per heavy atom. The molecule has 0 aromatic carbocycles. The predicted octanol–water partition coefficient (Wildman–Crippen LogP) is 1.41. The monoisotopic (exact) mass is 353 g/mol. The van der Waals surface area contributed by atoms with Crippen LogP contribution in [0.3, 0.4) is 0 Å². The molecule has 132 valence electrons. The lowest BCUT2D eigenvalue weighted by Gasteiger charge is -2.27. The molecule has 0 atom stereocenters. The fourth-order valence-electron chi connectivity index (χ4n) is 3.29. The number of aromatic nitrogens is 1. The first-order valence-corrected chi connectivity index (χ1v) is 10.1. The fraction of sp³-hybridized carbons (Fsp3) is 0.688. The zero-order valence-electron chi connectivity index (χ0n) is 13.7. The van der Waals surface area contributed by atoms with Crippen molar-refractivity contribution in [2.45, 2.75) is 42.6 Å². The summed E-state index contributed by atoms with van der Waals surface area (Å²) in [6.45, 7) is 3.47. The van der Waals surface area contributed by atoms with Gasteiger partial charge in [-0.05, 0) is 50.9 Å². The van der Waals surface area contributed by atoms with E-state index in [-0.39, 0.29) is 17.3 Å². The van der Waals surface area contributed by atoms with E-state index in [9.17, 15) is 8.42 Å². The molecule has 8 heteroatoms. The number of sulfonamides is 1. The first kappa shape index (κ1) is 16.3. The largest absolute Gasteiger partial charge is 0.469 e. The van der Waals surface area contributed by atoms with Crippen LogP contribution in [0, 0.1) is 0 Å². The van der Waals surface area contributed by atoms with E-state index in [2.05, 4.69) is 9.88 Å². The maximum Gasteiger partial charge on any atom is 0.270 e. The number of piperidine rings is 1. The van der Waals surface area contributed by atoms with Crippen molar-refractivity contribution in [3.63, 3.8) is 0 Å². The van der Waals surface area contributed by atoms with E-state index in [0.717, 1.165) is 36.9 Å². The fourth-order valence-corrected chi connectivity index (χ4v) is 4.69. The molecule has 3 aliphatic rings. The summed E-state index contributed by atoms with van der Waals surface area (Å²) >= 11 is 0. The van der Waals surface area contributed by atoms with Crippen LogP contribution in [0.5, 0.6) is 5.88 Å². The zero-order chi connectivity index (χ0) is 16.6. The van der Waals surface area contributed by atoms with Gasteiger partial charge in [-0.3, -0.25) is 4.84 Å². The Hall–Kier alpha value is -1.22. The minimum atomic E-state index is -3.75. The van der Waals surface area contributed by atoms with Crippen LogP contribution in [0.4, 0.5) is 0 Å².